The van der Waals surface area contributed by atoms with E-state index in [1.807, 2.05) is 0 Å². The summed E-state index contributed by atoms with van der Waals surface area (Å²) in [6.07, 6.45) is 0. The summed E-state index contributed by atoms with van der Waals surface area (Å²) in [7, 11) is 0.133. The van der Waals surface area contributed by atoms with Crippen molar-refractivity contribution >= 4 is 0 Å². The molecule has 150 valence electrons. The zero-order chi connectivity index (χ0) is 20.7. The lowest BCUT2D eigenvalue weighted by molar-refractivity contribution is -0.276. The summed E-state index contributed by atoms with van der Waals surface area (Å²) in [5, 5.41) is 0. The summed E-state index contributed by atoms with van der Waals surface area (Å²) in [5.74, 6) is -43.0. The Kier molecular flexibility index (Phi) is 3.90. The van der Waals surface area contributed by atoms with Crippen LogP contribution in [0.25, 0.3) is 0 Å². The highest BCUT2D eigenvalue weighted by atomic mass is 19.4. The van der Waals surface area contributed by atoms with Crippen molar-refractivity contribution in [2.24, 2.45) is 0 Å². The van der Waals surface area contributed by atoms with Crippen molar-refractivity contribution in [3.63, 3.8) is 0 Å². The first-order valence-corrected chi connectivity index (χ1v) is 6.24. The summed E-state index contributed by atoms with van der Waals surface area (Å²) < 4.78 is 170. The fourth-order valence-electron chi connectivity index (χ4n) is 2.59. The second-order valence-corrected chi connectivity index (χ2v) is 5.26. The minimum Gasteiger partial charge on any atom is -0.494 e. The number of hydrogen-bond donors (Lipinski definition) is 0. The van der Waals surface area contributed by atoms with Crippen LogP contribution in [-0.4, -0.2) is 49.8 Å². The van der Waals surface area contributed by atoms with E-state index >= 15 is 0 Å². The molecule has 2 aliphatic rings. The normalized spacial score (nSPS) is 29.9. The monoisotopic (exact) mass is 410 g/mol. The number of rotatable bonds is 3. The summed E-state index contributed by atoms with van der Waals surface area (Å²) in [5.41, 5.74) is -6.37. The molecule has 0 saturated carbocycles. The smallest absolute Gasteiger partial charge is 0.384 e. The van der Waals surface area contributed by atoms with Crippen LogP contribution in [0.4, 0.5) is 52.7 Å². The van der Waals surface area contributed by atoms with Gasteiger partial charge in [0.1, 0.15) is 0 Å². The second-order valence-electron chi connectivity index (χ2n) is 5.26. The van der Waals surface area contributed by atoms with Gasteiger partial charge in [-0.3, -0.25) is 0 Å². The van der Waals surface area contributed by atoms with Crippen molar-refractivity contribution in [3.8, 4) is 0 Å². The Bertz CT molecular complexity index is 643. The molecular weight excluding hydrogens is 404 g/mol. The highest BCUT2D eigenvalue weighted by Crippen LogP contribution is 2.68. The van der Waals surface area contributed by atoms with Crippen LogP contribution in [0.2, 0.25) is 0 Å². The molecule has 2 nitrogen and oxygen atoms in total. The maximum atomic E-state index is 13.8. The van der Waals surface area contributed by atoms with E-state index in [0.717, 1.165) is 0 Å². The lowest BCUT2D eigenvalue weighted by Crippen LogP contribution is -2.51. The van der Waals surface area contributed by atoms with Crippen LogP contribution in [-0.2, 0) is 9.47 Å². The van der Waals surface area contributed by atoms with E-state index < -0.39 is 58.2 Å². The maximum absolute atomic E-state index is 13.8. The van der Waals surface area contributed by atoms with Crippen molar-refractivity contribution in [3.05, 3.63) is 22.7 Å². The van der Waals surface area contributed by atoms with Gasteiger partial charge in [-0.15, -0.1) is 0 Å². The molecular formula is C12H6F12O2. The lowest BCUT2D eigenvalue weighted by atomic mass is 9.96. The summed E-state index contributed by atoms with van der Waals surface area (Å²) in [6, 6.07) is 0. The second kappa shape index (κ2) is 4.94. The van der Waals surface area contributed by atoms with Gasteiger partial charge < -0.3 is 9.47 Å². The fraction of sp³-hybridized carbons (Fsp3) is 0.667. The number of halogens is 12. The van der Waals surface area contributed by atoms with Crippen molar-refractivity contribution in [2.75, 3.05) is 14.2 Å². The number of allylic oxidation sites excluding steroid dienone is 4. The van der Waals surface area contributed by atoms with E-state index in [9.17, 15) is 52.7 Å². The Hall–Kier alpha value is -1.76. The van der Waals surface area contributed by atoms with Gasteiger partial charge in [0.25, 0.3) is 0 Å². The molecule has 2 rings (SSSR count). The summed E-state index contributed by atoms with van der Waals surface area (Å²) in [6.45, 7) is 0. The molecule has 0 aromatic carbocycles. The molecule has 2 aliphatic carbocycles. The third kappa shape index (κ3) is 1.82. The largest absolute Gasteiger partial charge is 0.494 e. The quantitative estimate of drug-likeness (QED) is 0.632. The van der Waals surface area contributed by atoms with E-state index in [0.29, 0.717) is 0 Å². The van der Waals surface area contributed by atoms with E-state index in [4.69, 9.17) is 0 Å². The third-order valence-electron chi connectivity index (χ3n) is 3.89. The predicted octanol–water partition coefficient (Wildman–Crippen LogP) is 4.63. The first kappa shape index (κ1) is 20.6. The fourth-order valence-corrected chi connectivity index (χ4v) is 2.59. The highest BCUT2D eigenvalue weighted by Gasteiger charge is 2.88. The van der Waals surface area contributed by atoms with Gasteiger partial charge in [0.15, 0.2) is 11.5 Å². The molecule has 0 aromatic heterocycles. The molecule has 0 radical (unpaired) electrons. The molecule has 0 saturated heterocycles. The molecule has 0 atom stereocenters. The molecule has 0 spiro atoms. The molecule has 0 aromatic rings. The maximum Gasteiger partial charge on any atom is 0.384 e. The van der Waals surface area contributed by atoms with Crippen molar-refractivity contribution < 1.29 is 62.2 Å². The Morgan fingerprint density at radius 1 is 0.462 bits per heavy atom. The predicted molar refractivity (Wildman–Crippen MR) is 57.8 cm³/mol. The molecule has 0 N–H and O–H groups in total. The van der Waals surface area contributed by atoms with Gasteiger partial charge >= 0.3 is 35.5 Å². The number of methoxy groups -OCH3 is 2. The Morgan fingerprint density at radius 2 is 0.692 bits per heavy atom. The van der Waals surface area contributed by atoms with E-state index in [2.05, 4.69) is 9.47 Å². The van der Waals surface area contributed by atoms with E-state index in [1.165, 1.54) is 0 Å². The molecule has 0 aliphatic heterocycles. The minimum atomic E-state index is -6.43. The van der Waals surface area contributed by atoms with E-state index in [1.54, 1.807) is 0 Å². The summed E-state index contributed by atoms with van der Waals surface area (Å²) >= 11 is 0. The molecule has 0 fully saturated rings. The van der Waals surface area contributed by atoms with Gasteiger partial charge in [-0.1, -0.05) is 0 Å². The van der Waals surface area contributed by atoms with Crippen LogP contribution in [0.1, 0.15) is 0 Å². The molecule has 26 heavy (non-hydrogen) atoms. The van der Waals surface area contributed by atoms with Crippen LogP contribution in [0.3, 0.4) is 0 Å². The SMILES string of the molecule is COC1=C(C2=C(OC)C(F)(F)C(F)(F)C2(F)F)C(F)(F)C(F)(F)C1(F)F. The molecule has 0 amide bonds. The van der Waals surface area contributed by atoms with Crippen LogP contribution in [0.5, 0.6) is 0 Å². The Balaban J connectivity index is 3.00. The summed E-state index contributed by atoms with van der Waals surface area (Å²) in [4.78, 5) is 0. The van der Waals surface area contributed by atoms with Crippen LogP contribution < -0.4 is 0 Å². The third-order valence-corrected chi connectivity index (χ3v) is 3.89. The Labute approximate surface area is 136 Å². The zero-order valence-corrected chi connectivity index (χ0v) is 12.4. The van der Waals surface area contributed by atoms with E-state index in [-0.39, 0.29) is 14.2 Å². The van der Waals surface area contributed by atoms with Crippen molar-refractivity contribution in [2.45, 2.75) is 35.5 Å². The molecule has 0 bridgehead atoms. The first-order chi connectivity index (χ1) is 11.4. The van der Waals surface area contributed by atoms with Crippen molar-refractivity contribution in [1.29, 1.82) is 0 Å². The number of alkyl halides is 12. The molecule has 0 heterocycles. The topological polar surface area (TPSA) is 18.5 Å². The van der Waals surface area contributed by atoms with Gasteiger partial charge in [0.05, 0.1) is 25.4 Å². The van der Waals surface area contributed by atoms with Gasteiger partial charge in [0.2, 0.25) is 0 Å². The van der Waals surface area contributed by atoms with Gasteiger partial charge in [-0.25, -0.2) is 0 Å². The number of ether oxygens (including phenoxy) is 2. The van der Waals surface area contributed by atoms with Crippen LogP contribution >= 0.6 is 0 Å². The lowest BCUT2D eigenvalue weighted by Gasteiger charge is -2.27. The highest BCUT2D eigenvalue weighted by molar-refractivity contribution is 5.58. The Morgan fingerprint density at radius 3 is 0.885 bits per heavy atom. The first-order valence-electron chi connectivity index (χ1n) is 6.24. The average molecular weight is 410 g/mol. The average Bonchev–Trinajstić information content (AvgIpc) is 2.64. The van der Waals surface area contributed by atoms with Crippen LogP contribution in [0.15, 0.2) is 22.7 Å². The minimum absolute atomic E-state index is 0.0666. The molecule has 14 heteroatoms. The zero-order valence-electron chi connectivity index (χ0n) is 12.4. The van der Waals surface area contributed by atoms with Gasteiger partial charge in [-0.05, 0) is 0 Å². The number of hydrogen-bond acceptors (Lipinski definition) is 2. The van der Waals surface area contributed by atoms with Crippen molar-refractivity contribution in [1.82, 2.24) is 0 Å². The van der Waals surface area contributed by atoms with Crippen LogP contribution in [0, 0.1) is 0 Å². The standard InChI is InChI=1S/C12H6F12O2/c1-25-5-3(7(13,14)11(21,22)9(5,17)18)4-6(26-2)10(19,20)12(23,24)8(4,15)16/h1-2H3. The molecule has 0 unspecified atom stereocenters. The van der Waals surface area contributed by atoms with Gasteiger partial charge in [0, 0.05) is 0 Å². The van der Waals surface area contributed by atoms with Gasteiger partial charge in [-0.2, -0.15) is 52.7 Å².